The highest BCUT2D eigenvalue weighted by atomic mass is 35.5. The number of rotatable bonds is 4. The molecule has 2 aromatic heterocycles. The van der Waals surface area contributed by atoms with Crippen molar-refractivity contribution in [2.24, 2.45) is 0 Å². The molecule has 0 spiro atoms. The molecule has 10 heteroatoms. The molecule has 0 bridgehead atoms. The van der Waals surface area contributed by atoms with Gasteiger partial charge >= 0.3 is 6.18 Å². The molecule has 0 saturated carbocycles. The average molecular weight is 453 g/mol. The predicted octanol–water partition coefficient (Wildman–Crippen LogP) is 4.10. The molecule has 1 amide bonds. The predicted molar refractivity (Wildman–Crippen MR) is 109 cm³/mol. The lowest BCUT2D eigenvalue weighted by Crippen LogP contribution is -2.33. The normalized spacial score (nSPS) is 15.3. The average Bonchev–Trinajstić information content (AvgIpc) is 2.90. The second kappa shape index (κ2) is 8.84. The molecule has 1 fully saturated rings. The van der Waals surface area contributed by atoms with Gasteiger partial charge in [-0.05, 0) is 24.1 Å². The molecule has 0 atom stereocenters. The van der Waals surface area contributed by atoms with Gasteiger partial charge in [0.25, 0.3) is 5.91 Å². The summed E-state index contributed by atoms with van der Waals surface area (Å²) in [5.74, 6) is -0.334. The minimum atomic E-state index is -4.46. The van der Waals surface area contributed by atoms with E-state index >= 15 is 0 Å². The Bertz CT molecular complexity index is 1090. The summed E-state index contributed by atoms with van der Waals surface area (Å²) >= 11 is 6.21. The number of carbonyl (C=O) groups excluding carboxylic acids is 1. The van der Waals surface area contributed by atoms with Gasteiger partial charge in [-0.3, -0.25) is 14.5 Å². The lowest BCUT2D eigenvalue weighted by Gasteiger charge is -2.19. The summed E-state index contributed by atoms with van der Waals surface area (Å²) in [7, 11) is 0. The highest BCUT2D eigenvalue weighted by molar-refractivity contribution is 6.31. The van der Waals surface area contributed by atoms with Gasteiger partial charge in [0, 0.05) is 42.7 Å². The van der Waals surface area contributed by atoms with Crippen LogP contribution in [0.4, 0.5) is 13.2 Å². The van der Waals surface area contributed by atoms with Crippen LogP contribution in [0, 0.1) is 0 Å². The summed E-state index contributed by atoms with van der Waals surface area (Å²) in [5.41, 5.74) is 1.46. The first-order chi connectivity index (χ1) is 14.8. The van der Waals surface area contributed by atoms with Crippen LogP contribution >= 0.6 is 11.6 Å². The van der Waals surface area contributed by atoms with E-state index in [2.05, 4.69) is 10.1 Å². The smallest absolute Gasteiger partial charge is 0.380 e. The first-order valence-corrected chi connectivity index (χ1v) is 10.2. The number of aromatic nitrogens is 3. The van der Waals surface area contributed by atoms with Crippen molar-refractivity contribution in [2.75, 3.05) is 26.3 Å². The Morgan fingerprint density at radius 2 is 2.00 bits per heavy atom. The summed E-state index contributed by atoms with van der Waals surface area (Å²) in [6.45, 7) is 0.652. The van der Waals surface area contributed by atoms with Crippen molar-refractivity contribution in [1.29, 1.82) is 0 Å². The highest BCUT2D eigenvalue weighted by Gasteiger charge is 2.30. The van der Waals surface area contributed by atoms with Gasteiger partial charge in [-0.2, -0.15) is 18.3 Å². The van der Waals surface area contributed by atoms with E-state index in [-0.39, 0.29) is 23.5 Å². The van der Waals surface area contributed by atoms with E-state index in [0.717, 1.165) is 10.2 Å². The van der Waals surface area contributed by atoms with Gasteiger partial charge < -0.3 is 9.64 Å². The van der Waals surface area contributed by atoms with Gasteiger partial charge in [-0.1, -0.05) is 29.8 Å². The molecular weight excluding hydrogens is 433 g/mol. The molecule has 0 unspecified atom stereocenters. The van der Waals surface area contributed by atoms with Gasteiger partial charge in [0.1, 0.15) is 12.2 Å². The molecule has 0 radical (unpaired) electrons. The minimum Gasteiger partial charge on any atom is -0.380 e. The number of pyridine rings is 1. The maximum atomic E-state index is 13.2. The number of alkyl halides is 3. The van der Waals surface area contributed by atoms with Gasteiger partial charge in [-0.25, -0.2) is 0 Å². The summed E-state index contributed by atoms with van der Waals surface area (Å²) in [5, 5.41) is 5.15. The van der Waals surface area contributed by atoms with Crippen LogP contribution < -0.4 is 0 Å². The third kappa shape index (κ3) is 4.99. The summed E-state index contributed by atoms with van der Waals surface area (Å²) in [6.07, 6.45) is -2.10. The van der Waals surface area contributed by atoms with Crippen LogP contribution in [-0.2, 0) is 17.7 Å². The number of nitrogens with zero attached hydrogens (tertiary/aromatic N) is 4. The van der Waals surface area contributed by atoms with Crippen molar-refractivity contribution < 1.29 is 22.7 Å². The molecule has 31 heavy (non-hydrogen) atoms. The maximum Gasteiger partial charge on any atom is 0.408 e. The summed E-state index contributed by atoms with van der Waals surface area (Å²) in [6, 6.07) is 8.48. The third-order valence-corrected chi connectivity index (χ3v) is 5.45. The number of halogens is 4. The lowest BCUT2D eigenvalue weighted by molar-refractivity contribution is -0.141. The van der Waals surface area contributed by atoms with E-state index < -0.39 is 12.7 Å². The highest BCUT2D eigenvalue weighted by Crippen LogP contribution is 2.27. The number of carbonyl (C=O) groups is 1. The molecule has 164 valence electrons. The first kappa shape index (κ1) is 21.6. The molecule has 3 aromatic rings. The van der Waals surface area contributed by atoms with Gasteiger partial charge in [0.2, 0.25) is 0 Å². The molecule has 3 heterocycles. The number of benzene rings is 1. The van der Waals surface area contributed by atoms with Crippen LogP contribution in [-0.4, -0.2) is 58.1 Å². The zero-order valence-electron chi connectivity index (χ0n) is 16.5. The van der Waals surface area contributed by atoms with Crippen LogP contribution in [0.15, 0.2) is 36.5 Å². The van der Waals surface area contributed by atoms with Crippen molar-refractivity contribution >= 4 is 28.4 Å². The molecule has 6 nitrogen and oxygen atoms in total. The Morgan fingerprint density at radius 3 is 2.77 bits per heavy atom. The fourth-order valence-corrected chi connectivity index (χ4v) is 3.81. The van der Waals surface area contributed by atoms with E-state index in [4.69, 9.17) is 16.3 Å². The second-order valence-electron chi connectivity index (χ2n) is 7.33. The number of hydrogen-bond donors (Lipinski definition) is 0. The molecule has 1 aliphatic rings. The largest absolute Gasteiger partial charge is 0.408 e. The quantitative estimate of drug-likeness (QED) is 0.598. The van der Waals surface area contributed by atoms with Crippen molar-refractivity contribution in [3.63, 3.8) is 0 Å². The van der Waals surface area contributed by atoms with Crippen LogP contribution in [0.25, 0.3) is 10.9 Å². The number of fused-ring (bicyclic) bond motifs is 1. The minimum absolute atomic E-state index is 0.0852. The van der Waals surface area contributed by atoms with E-state index in [1.54, 1.807) is 29.2 Å². The molecule has 4 rings (SSSR count). The van der Waals surface area contributed by atoms with Crippen molar-refractivity contribution in [3.05, 3.63) is 58.5 Å². The van der Waals surface area contributed by atoms with Crippen LogP contribution in [0.3, 0.4) is 0 Å². The van der Waals surface area contributed by atoms with Crippen molar-refractivity contribution in [1.82, 2.24) is 19.7 Å². The van der Waals surface area contributed by atoms with E-state index in [1.165, 1.54) is 12.3 Å². The summed E-state index contributed by atoms with van der Waals surface area (Å²) in [4.78, 5) is 18.7. The Labute approximate surface area is 181 Å². The standard InChI is InChI=1S/C21H20ClF3N4O2/c22-16-5-2-1-4-14(16)10-17-15-12-26-18(20(30)28-6-3-8-31-9-7-28)11-19(15)29(27-17)13-21(23,24)25/h1-2,4-5,11-12H,3,6-10,13H2. The Balaban J connectivity index is 1.73. The van der Waals surface area contributed by atoms with Crippen LogP contribution in [0.1, 0.15) is 28.2 Å². The van der Waals surface area contributed by atoms with E-state index in [9.17, 15) is 18.0 Å². The first-order valence-electron chi connectivity index (χ1n) is 9.84. The van der Waals surface area contributed by atoms with E-state index in [1.807, 2.05) is 0 Å². The fourth-order valence-electron chi connectivity index (χ4n) is 3.61. The third-order valence-electron chi connectivity index (χ3n) is 5.09. The van der Waals surface area contributed by atoms with Gasteiger partial charge in [0.05, 0.1) is 17.8 Å². The Kier molecular flexibility index (Phi) is 6.15. The Morgan fingerprint density at radius 1 is 1.19 bits per heavy atom. The SMILES string of the molecule is O=C(c1cc2c(cn1)c(Cc1ccccc1Cl)nn2CC(F)(F)F)N1CCCOCC1. The molecule has 1 aromatic carbocycles. The lowest BCUT2D eigenvalue weighted by atomic mass is 10.1. The Hall–Kier alpha value is -2.65. The van der Waals surface area contributed by atoms with Crippen LogP contribution in [0.5, 0.6) is 0 Å². The molecule has 1 aliphatic heterocycles. The molecule has 1 saturated heterocycles. The number of amides is 1. The van der Waals surface area contributed by atoms with Gasteiger partial charge in [-0.15, -0.1) is 0 Å². The van der Waals surface area contributed by atoms with Crippen molar-refractivity contribution in [2.45, 2.75) is 25.6 Å². The van der Waals surface area contributed by atoms with Crippen molar-refractivity contribution in [3.8, 4) is 0 Å². The van der Waals surface area contributed by atoms with E-state index in [0.29, 0.717) is 48.8 Å². The van der Waals surface area contributed by atoms with Gasteiger partial charge in [0.15, 0.2) is 0 Å². The number of hydrogen-bond acceptors (Lipinski definition) is 4. The molecule has 0 N–H and O–H groups in total. The number of ether oxygens (including phenoxy) is 1. The monoisotopic (exact) mass is 452 g/mol. The summed E-state index contributed by atoms with van der Waals surface area (Å²) < 4.78 is 45.8. The zero-order valence-corrected chi connectivity index (χ0v) is 17.3. The second-order valence-corrected chi connectivity index (χ2v) is 7.74. The fraction of sp³-hybridized carbons (Fsp3) is 0.381. The molecular formula is C21H20ClF3N4O2. The van der Waals surface area contributed by atoms with Crippen LogP contribution in [0.2, 0.25) is 5.02 Å². The maximum absolute atomic E-state index is 13.2. The topological polar surface area (TPSA) is 60.2 Å². The zero-order chi connectivity index (χ0) is 22.0. The molecule has 0 aliphatic carbocycles.